The molecule has 0 saturated heterocycles. The van der Waals surface area contributed by atoms with Crippen LogP contribution in [0, 0.1) is 11.3 Å². The molecule has 0 aliphatic heterocycles. The van der Waals surface area contributed by atoms with Gasteiger partial charge in [0.15, 0.2) is 0 Å². The number of carbonyl (C=O) groups is 1. The molecule has 0 aromatic heterocycles. The third-order valence-corrected chi connectivity index (χ3v) is 5.01. The zero-order chi connectivity index (χ0) is 14.5. The number of benzene rings is 1. The normalized spacial score (nSPS) is 13.0. The van der Waals surface area contributed by atoms with Gasteiger partial charge in [-0.2, -0.15) is 0 Å². The molecule has 1 aromatic rings. The monoisotopic (exact) mass is 284 g/mol. The maximum atomic E-state index is 11.1. The van der Waals surface area contributed by atoms with Crippen LogP contribution in [0.5, 0.6) is 0 Å². The highest BCUT2D eigenvalue weighted by atomic mass is 31.2. The Balaban J connectivity index is 2.64. The van der Waals surface area contributed by atoms with Crippen LogP contribution in [-0.2, 0) is 11.2 Å². The van der Waals surface area contributed by atoms with E-state index in [1.165, 1.54) is 6.92 Å². The molecule has 0 heterocycles. The summed E-state index contributed by atoms with van der Waals surface area (Å²) in [5.41, 5.74) is 0.776. The Morgan fingerprint density at radius 2 is 1.89 bits per heavy atom. The molecule has 1 aromatic carbocycles. The molecule has 4 N–H and O–H groups in total. The fourth-order valence-corrected chi connectivity index (χ4v) is 2.95. The fraction of sp³-hybridized carbons (Fsp3) is 0.385. The summed E-state index contributed by atoms with van der Waals surface area (Å²) in [6, 6.07) is 9.45. The number of hydrogen-bond acceptors (Lipinski definition) is 4. The number of aryl methyl sites for hydroxylation is 1. The van der Waals surface area contributed by atoms with Crippen LogP contribution in [0.15, 0.2) is 30.3 Å². The molecular weight excluding hydrogens is 265 g/mol. The van der Waals surface area contributed by atoms with Crippen molar-refractivity contribution in [3.05, 3.63) is 35.9 Å². The Labute approximate surface area is 112 Å². The first kappa shape index (κ1) is 15.8. The van der Waals surface area contributed by atoms with Crippen LogP contribution in [-0.4, -0.2) is 32.5 Å². The van der Waals surface area contributed by atoms with Crippen LogP contribution in [0.25, 0.3) is 0 Å². The lowest BCUT2D eigenvalue weighted by molar-refractivity contribution is -0.141. The van der Waals surface area contributed by atoms with E-state index in [2.05, 4.69) is 0 Å². The van der Waals surface area contributed by atoms with E-state index >= 15 is 0 Å². The average Bonchev–Trinajstić information content (AvgIpc) is 2.35. The minimum atomic E-state index is -3.54. The van der Waals surface area contributed by atoms with Crippen LogP contribution in [0.3, 0.4) is 0 Å². The summed E-state index contributed by atoms with van der Waals surface area (Å²) in [6.07, 6.45) is 0.634. The second-order valence-electron chi connectivity index (χ2n) is 4.56. The predicted molar refractivity (Wildman–Crippen MR) is 75.5 cm³/mol. The van der Waals surface area contributed by atoms with Crippen molar-refractivity contribution in [1.82, 2.24) is 0 Å². The Morgan fingerprint density at radius 1 is 1.32 bits per heavy atom. The SMILES string of the molecule is CC(=N)[P+](O)(O)CC(CCc1ccccc1)C(=O)O. The van der Waals surface area contributed by atoms with Gasteiger partial charge in [0.1, 0.15) is 6.16 Å². The van der Waals surface area contributed by atoms with Crippen LogP contribution in [0.1, 0.15) is 18.9 Å². The smallest absolute Gasteiger partial charge is 0.314 e. The third-order valence-electron chi connectivity index (χ3n) is 2.99. The molecule has 0 bridgehead atoms. The first-order valence-electron chi connectivity index (χ1n) is 5.99. The van der Waals surface area contributed by atoms with E-state index in [0.29, 0.717) is 12.8 Å². The highest BCUT2D eigenvalue weighted by molar-refractivity contribution is 7.81. The van der Waals surface area contributed by atoms with E-state index < -0.39 is 19.6 Å². The molecule has 19 heavy (non-hydrogen) atoms. The lowest BCUT2D eigenvalue weighted by Crippen LogP contribution is -2.22. The minimum Gasteiger partial charge on any atom is -0.481 e. The van der Waals surface area contributed by atoms with Gasteiger partial charge in [0, 0.05) is 6.92 Å². The van der Waals surface area contributed by atoms with Crippen molar-refractivity contribution in [3.8, 4) is 0 Å². The van der Waals surface area contributed by atoms with Crippen molar-refractivity contribution in [2.75, 3.05) is 6.16 Å². The maximum Gasteiger partial charge on any atom is 0.314 e. The Morgan fingerprint density at radius 3 is 2.37 bits per heavy atom. The second-order valence-corrected chi connectivity index (χ2v) is 7.05. The molecule has 0 spiro atoms. The number of nitrogens with one attached hydrogen (secondary N) is 1. The number of carboxylic acid groups (broad SMARTS) is 1. The van der Waals surface area contributed by atoms with Crippen molar-refractivity contribution < 1.29 is 19.7 Å². The summed E-state index contributed by atoms with van der Waals surface area (Å²) in [7, 11) is -3.54. The van der Waals surface area contributed by atoms with Gasteiger partial charge in [-0.25, -0.2) is 9.79 Å². The van der Waals surface area contributed by atoms with Crippen molar-refractivity contribution in [2.45, 2.75) is 19.8 Å². The molecule has 5 nitrogen and oxygen atoms in total. The van der Waals surface area contributed by atoms with Crippen molar-refractivity contribution in [3.63, 3.8) is 0 Å². The number of rotatable bonds is 7. The number of aliphatic carboxylic acids is 1. The molecule has 1 rings (SSSR count). The molecule has 0 aliphatic rings. The summed E-state index contributed by atoms with van der Waals surface area (Å²) < 4.78 is 0. The largest absolute Gasteiger partial charge is 0.481 e. The summed E-state index contributed by atoms with van der Waals surface area (Å²) >= 11 is 0. The Hall–Kier alpha value is -1.29. The Bertz CT molecular complexity index is 447. The molecule has 1 atom stereocenters. The molecule has 0 amide bonds. The van der Waals surface area contributed by atoms with Gasteiger partial charge >= 0.3 is 13.7 Å². The van der Waals surface area contributed by atoms with Crippen LogP contribution < -0.4 is 0 Å². The first-order valence-corrected chi connectivity index (χ1v) is 7.87. The molecular formula is C13H19NO4P+. The van der Waals surface area contributed by atoms with Gasteiger partial charge in [-0.3, -0.25) is 10.2 Å². The summed E-state index contributed by atoms with van der Waals surface area (Å²) in [6.45, 7) is 1.30. The van der Waals surface area contributed by atoms with Gasteiger partial charge in [-0.15, -0.1) is 0 Å². The lowest BCUT2D eigenvalue weighted by Gasteiger charge is -2.16. The summed E-state index contributed by atoms with van der Waals surface area (Å²) in [4.78, 5) is 30.5. The van der Waals surface area contributed by atoms with Gasteiger partial charge in [0.2, 0.25) is 5.45 Å². The number of hydrogen-bond donors (Lipinski definition) is 4. The van der Waals surface area contributed by atoms with Crippen LogP contribution in [0.4, 0.5) is 0 Å². The van der Waals surface area contributed by atoms with Gasteiger partial charge in [-0.1, -0.05) is 30.3 Å². The second kappa shape index (κ2) is 6.75. The quantitative estimate of drug-likeness (QED) is 0.455. The van der Waals surface area contributed by atoms with E-state index in [-0.39, 0.29) is 11.6 Å². The zero-order valence-corrected chi connectivity index (χ0v) is 11.7. The van der Waals surface area contributed by atoms with Crippen molar-refractivity contribution in [1.29, 1.82) is 5.41 Å². The van der Waals surface area contributed by atoms with E-state index in [1.54, 1.807) is 0 Å². The topological polar surface area (TPSA) is 102 Å². The zero-order valence-electron chi connectivity index (χ0n) is 10.8. The van der Waals surface area contributed by atoms with E-state index in [9.17, 15) is 14.6 Å². The van der Waals surface area contributed by atoms with Gasteiger partial charge in [-0.05, 0) is 18.4 Å². The molecule has 0 aliphatic carbocycles. The highest BCUT2D eigenvalue weighted by Crippen LogP contribution is 2.52. The lowest BCUT2D eigenvalue weighted by atomic mass is 10.0. The van der Waals surface area contributed by atoms with Crippen LogP contribution in [0.2, 0.25) is 0 Å². The molecule has 0 saturated carbocycles. The van der Waals surface area contributed by atoms with Crippen molar-refractivity contribution in [2.24, 2.45) is 5.92 Å². The standard InChI is InChI=1S/C13H18NO4P/c1-10(14)19(17,18)9-12(13(15)16)8-7-11-5-3-2-4-6-11/h2-6,12,14,17-18H,7-9H2,1H3/p+1. The number of carboxylic acids is 1. The predicted octanol–water partition coefficient (Wildman–Crippen LogP) is 2.15. The maximum absolute atomic E-state index is 11.1. The first-order chi connectivity index (χ1) is 8.83. The third kappa shape index (κ3) is 5.07. The Kier molecular flexibility index (Phi) is 5.60. The van der Waals surface area contributed by atoms with Crippen molar-refractivity contribution >= 4 is 19.1 Å². The van der Waals surface area contributed by atoms with Gasteiger partial charge < -0.3 is 5.11 Å². The minimum absolute atomic E-state index is 0.238. The van der Waals surface area contributed by atoms with E-state index in [0.717, 1.165) is 5.56 Å². The highest BCUT2D eigenvalue weighted by Gasteiger charge is 2.42. The van der Waals surface area contributed by atoms with Crippen LogP contribution >= 0.6 is 7.72 Å². The van der Waals surface area contributed by atoms with Gasteiger partial charge in [0.05, 0.1) is 5.92 Å². The van der Waals surface area contributed by atoms with E-state index in [1.807, 2.05) is 30.3 Å². The van der Waals surface area contributed by atoms with Gasteiger partial charge in [0.25, 0.3) is 0 Å². The average molecular weight is 284 g/mol. The molecule has 0 fully saturated rings. The molecule has 6 heteroatoms. The molecule has 104 valence electrons. The fourth-order valence-electron chi connectivity index (χ4n) is 1.72. The van der Waals surface area contributed by atoms with E-state index in [4.69, 9.17) is 10.5 Å². The summed E-state index contributed by atoms with van der Waals surface area (Å²) in [5, 5.41) is 16.4. The molecule has 0 radical (unpaired) electrons. The summed E-state index contributed by atoms with van der Waals surface area (Å²) in [5.74, 6) is -1.89. The molecule has 1 unspecified atom stereocenters.